The lowest BCUT2D eigenvalue weighted by Gasteiger charge is -2.24. The van der Waals surface area contributed by atoms with Crippen LogP contribution in [0.4, 0.5) is 5.69 Å². The number of carbonyl (C=O) groups is 2. The summed E-state index contributed by atoms with van der Waals surface area (Å²) in [6.07, 6.45) is 0. The van der Waals surface area contributed by atoms with Crippen molar-refractivity contribution >= 4 is 33.5 Å². The van der Waals surface area contributed by atoms with E-state index >= 15 is 0 Å². The summed E-state index contributed by atoms with van der Waals surface area (Å²) in [5.74, 6) is -0.385. The van der Waals surface area contributed by atoms with Gasteiger partial charge in [-0.3, -0.25) is 9.59 Å². The fourth-order valence-corrected chi connectivity index (χ4v) is 2.13. The Labute approximate surface area is 133 Å². The molecule has 0 aliphatic rings. The summed E-state index contributed by atoms with van der Waals surface area (Å²) < 4.78 is 5.65. The predicted molar refractivity (Wildman–Crippen MR) is 85.9 cm³/mol. The van der Waals surface area contributed by atoms with Crippen molar-refractivity contribution in [3.8, 4) is 0 Å². The van der Waals surface area contributed by atoms with E-state index in [9.17, 15) is 9.59 Å². The first-order valence-electron chi connectivity index (χ1n) is 6.85. The highest BCUT2D eigenvalue weighted by atomic mass is 79.9. The SMILES string of the molecule is CCOC(=O)CN(CC(C)C)C(=O)c1ccc(Br)c(N)c1. The van der Waals surface area contributed by atoms with Crippen LogP contribution in [0.15, 0.2) is 22.7 Å². The maximum Gasteiger partial charge on any atom is 0.325 e. The van der Waals surface area contributed by atoms with Gasteiger partial charge in [0.1, 0.15) is 6.54 Å². The molecule has 1 rings (SSSR count). The Morgan fingerprint density at radius 1 is 1.38 bits per heavy atom. The van der Waals surface area contributed by atoms with E-state index in [-0.39, 0.29) is 18.4 Å². The highest BCUT2D eigenvalue weighted by molar-refractivity contribution is 9.10. The number of benzene rings is 1. The molecule has 5 nitrogen and oxygen atoms in total. The number of esters is 1. The quantitative estimate of drug-likeness (QED) is 0.628. The second-order valence-electron chi connectivity index (χ2n) is 5.12. The van der Waals surface area contributed by atoms with Crippen LogP contribution in [0.1, 0.15) is 31.1 Å². The normalized spacial score (nSPS) is 10.5. The Morgan fingerprint density at radius 3 is 2.57 bits per heavy atom. The number of carbonyl (C=O) groups excluding carboxylic acids is 2. The lowest BCUT2D eigenvalue weighted by molar-refractivity contribution is -0.143. The van der Waals surface area contributed by atoms with Gasteiger partial charge in [-0.1, -0.05) is 13.8 Å². The smallest absolute Gasteiger partial charge is 0.325 e. The zero-order valence-corrected chi connectivity index (χ0v) is 14.1. The minimum absolute atomic E-state index is 0.0547. The van der Waals surface area contributed by atoms with Crippen molar-refractivity contribution < 1.29 is 14.3 Å². The van der Waals surface area contributed by atoms with Gasteiger partial charge >= 0.3 is 5.97 Å². The van der Waals surface area contributed by atoms with Crippen LogP contribution in [-0.2, 0) is 9.53 Å². The van der Waals surface area contributed by atoms with Crippen molar-refractivity contribution in [3.63, 3.8) is 0 Å². The number of amides is 1. The van der Waals surface area contributed by atoms with E-state index in [0.29, 0.717) is 24.4 Å². The van der Waals surface area contributed by atoms with Crippen LogP contribution < -0.4 is 5.73 Å². The summed E-state index contributed by atoms with van der Waals surface area (Å²) in [6.45, 7) is 6.44. The first-order chi connectivity index (χ1) is 9.85. The number of nitrogens with two attached hydrogens (primary N) is 1. The Hall–Kier alpha value is -1.56. The van der Waals surface area contributed by atoms with Crippen molar-refractivity contribution in [2.45, 2.75) is 20.8 Å². The van der Waals surface area contributed by atoms with Gasteiger partial charge < -0.3 is 15.4 Å². The molecule has 2 N–H and O–H groups in total. The number of rotatable bonds is 6. The van der Waals surface area contributed by atoms with Gasteiger partial charge in [0.2, 0.25) is 0 Å². The molecule has 0 atom stereocenters. The molecule has 0 fully saturated rings. The number of halogens is 1. The van der Waals surface area contributed by atoms with Gasteiger partial charge in [0.15, 0.2) is 0 Å². The van der Waals surface area contributed by atoms with Crippen molar-refractivity contribution in [1.29, 1.82) is 0 Å². The van der Waals surface area contributed by atoms with Crippen LogP contribution in [-0.4, -0.2) is 36.5 Å². The van der Waals surface area contributed by atoms with Crippen molar-refractivity contribution in [3.05, 3.63) is 28.2 Å². The summed E-state index contributed by atoms with van der Waals surface area (Å²) in [7, 11) is 0. The number of ether oxygens (including phenoxy) is 1. The van der Waals surface area contributed by atoms with Gasteiger partial charge in [0.25, 0.3) is 5.91 Å². The third-order valence-corrected chi connectivity index (χ3v) is 3.46. The average molecular weight is 357 g/mol. The molecule has 0 unspecified atom stereocenters. The van der Waals surface area contributed by atoms with Crippen LogP contribution in [0.2, 0.25) is 0 Å². The van der Waals surface area contributed by atoms with Gasteiger partial charge in [0, 0.05) is 22.3 Å². The fourth-order valence-electron chi connectivity index (χ4n) is 1.88. The minimum Gasteiger partial charge on any atom is -0.465 e. The molecule has 1 amide bonds. The Balaban J connectivity index is 2.92. The van der Waals surface area contributed by atoms with E-state index in [2.05, 4.69) is 15.9 Å². The van der Waals surface area contributed by atoms with Gasteiger partial charge in [-0.2, -0.15) is 0 Å². The van der Waals surface area contributed by atoms with Crippen LogP contribution in [0.3, 0.4) is 0 Å². The Morgan fingerprint density at radius 2 is 2.05 bits per heavy atom. The standard InChI is InChI=1S/C15H21BrN2O3/c1-4-21-14(19)9-18(8-10(2)3)15(20)11-5-6-12(16)13(17)7-11/h5-7,10H,4,8-9,17H2,1-3H3. The third kappa shape index (κ3) is 5.38. The number of nitrogen functional groups attached to an aromatic ring is 1. The molecular formula is C15H21BrN2O3. The molecule has 0 radical (unpaired) electrons. The summed E-state index contributed by atoms with van der Waals surface area (Å²) in [5, 5.41) is 0. The molecule has 0 bridgehead atoms. The molecule has 116 valence electrons. The van der Waals surface area contributed by atoms with Gasteiger partial charge in [0.05, 0.1) is 6.61 Å². The zero-order chi connectivity index (χ0) is 16.0. The maximum absolute atomic E-state index is 12.5. The minimum atomic E-state index is -0.406. The first kappa shape index (κ1) is 17.5. The summed E-state index contributed by atoms with van der Waals surface area (Å²) in [6, 6.07) is 5.01. The monoisotopic (exact) mass is 356 g/mol. The molecule has 0 heterocycles. The summed E-state index contributed by atoms with van der Waals surface area (Å²) in [4.78, 5) is 25.7. The molecule has 0 aliphatic heterocycles. The average Bonchev–Trinajstić information content (AvgIpc) is 2.40. The molecule has 0 aliphatic carbocycles. The van der Waals surface area contributed by atoms with Crippen LogP contribution >= 0.6 is 15.9 Å². The van der Waals surface area contributed by atoms with E-state index in [0.717, 1.165) is 4.47 Å². The second-order valence-corrected chi connectivity index (χ2v) is 5.98. The molecule has 21 heavy (non-hydrogen) atoms. The molecule has 0 saturated heterocycles. The van der Waals surface area contributed by atoms with E-state index in [1.807, 2.05) is 13.8 Å². The molecule has 6 heteroatoms. The Kier molecular flexibility index (Phi) is 6.68. The van der Waals surface area contributed by atoms with Gasteiger partial charge in [-0.15, -0.1) is 0 Å². The van der Waals surface area contributed by atoms with Crippen LogP contribution in [0, 0.1) is 5.92 Å². The number of hydrogen-bond donors (Lipinski definition) is 1. The van der Waals surface area contributed by atoms with E-state index in [1.54, 1.807) is 25.1 Å². The summed E-state index contributed by atoms with van der Waals surface area (Å²) >= 11 is 3.29. The molecular weight excluding hydrogens is 336 g/mol. The highest BCUT2D eigenvalue weighted by Gasteiger charge is 2.21. The van der Waals surface area contributed by atoms with E-state index in [1.165, 1.54) is 4.90 Å². The Bertz CT molecular complexity index is 518. The maximum atomic E-state index is 12.5. The largest absolute Gasteiger partial charge is 0.465 e. The van der Waals surface area contributed by atoms with Crippen molar-refractivity contribution in [2.75, 3.05) is 25.4 Å². The molecule has 0 aromatic heterocycles. The highest BCUT2D eigenvalue weighted by Crippen LogP contribution is 2.21. The van der Waals surface area contributed by atoms with Crippen LogP contribution in [0.25, 0.3) is 0 Å². The lowest BCUT2D eigenvalue weighted by Crippen LogP contribution is -2.39. The summed E-state index contributed by atoms with van der Waals surface area (Å²) in [5.41, 5.74) is 6.75. The zero-order valence-electron chi connectivity index (χ0n) is 12.6. The topological polar surface area (TPSA) is 72.6 Å². The van der Waals surface area contributed by atoms with Gasteiger partial charge in [-0.05, 0) is 47.0 Å². The fraction of sp³-hybridized carbons (Fsp3) is 0.467. The lowest BCUT2D eigenvalue weighted by atomic mass is 10.1. The van der Waals surface area contributed by atoms with Crippen LogP contribution in [0.5, 0.6) is 0 Å². The number of hydrogen-bond acceptors (Lipinski definition) is 4. The van der Waals surface area contributed by atoms with Crippen molar-refractivity contribution in [2.24, 2.45) is 5.92 Å². The van der Waals surface area contributed by atoms with E-state index < -0.39 is 5.97 Å². The van der Waals surface area contributed by atoms with Gasteiger partial charge in [-0.25, -0.2) is 0 Å². The predicted octanol–water partition coefficient (Wildman–Crippen LogP) is 2.69. The first-order valence-corrected chi connectivity index (χ1v) is 7.64. The van der Waals surface area contributed by atoms with E-state index in [4.69, 9.17) is 10.5 Å². The number of anilines is 1. The third-order valence-electron chi connectivity index (χ3n) is 2.74. The molecule has 0 saturated carbocycles. The van der Waals surface area contributed by atoms with Crippen molar-refractivity contribution in [1.82, 2.24) is 4.90 Å². The molecule has 1 aromatic rings. The number of nitrogens with zero attached hydrogens (tertiary/aromatic N) is 1. The molecule has 1 aromatic carbocycles. The molecule has 0 spiro atoms. The second kappa shape index (κ2) is 8.02.